The molecule has 1 atom stereocenters. The van der Waals surface area contributed by atoms with Crippen molar-refractivity contribution in [1.29, 1.82) is 0 Å². The van der Waals surface area contributed by atoms with Gasteiger partial charge in [-0.3, -0.25) is 14.9 Å². The number of aliphatic carboxylic acids is 1. The predicted molar refractivity (Wildman–Crippen MR) is 53.7 cm³/mol. The lowest BCUT2D eigenvalue weighted by Gasteiger charge is -2.08. The Morgan fingerprint density at radius 3 is 2.75 bits per heavy atom. The number of hydrogen-bond donors (Lipinski definition) is 1. The zero-order valence-electron chi connectivity index (χ0n) is 8.51. The fourth-order valence-corrected chi connectivity index (χ4v) is 1.36. The molecule has 86 valence electrons. The summed E-state index contributed by atoms with van der Waals surface area (Å²) in [6.07, 6.45) is -0.150. The number of rotatable bonds is 4. The van der Waals surface area contributed by atoms with E-state index in [1.54, 1.807) is 6.92 Å². The molecule has 0 fully saturated rings. The van der Waals surface area contributed by atoms with Crippen molar-refractivity contribution in [2.24, 2.45) is 0 Å². The molecule has 1 aromatic carbocycles. The van der Waals surface area contributed by atoms with E-state index in [-0.39, 0.29) is 6.42 Å². The van der Waals surface area contributed by atoms with Gasteiger partial charge in [0.05, 0.1) is 11.3 Å². The van der Waals surface area contributed by atoms with Crippen LogP contribution in [0, 0.1) is 15.9 Å². The normalized spacial score (nSPS) is 12.1. The van der Waals surface area contributed by atoms with E-state index in [9.17, 15) is 19.3 Å². The largest absolute Gasteiger partial charge is 0.481 e. The second-order valence-electron chi connectivity index (χ2n) is 3.47. The fourth-order valence-electron chi connectivity index (χ4n) is 1.36. The number of carboxylic acid groups (broad SMARTS) is 1. The van der Waals surface area contributed by atoms with Gasteiger partial charge < -0.3 is 5.11 Å². The van der Waals surface area contributed by atoms with E-state index in [4.69, 9.17) is 5.11 Å². The van der Waals surface area contributed by atoms with E-state index in [0.717, 1.165) is 12.1 Å². The molecule has 1 N–H and O–H groups in total. The SMILES string of the molecule is CC(CC(=O)O)c1ccc(F)c([N+](=O)[O-])c1. The van der Waals surface area contributed by atoms with Crippen molar-refractivity contribution in [2.75, 3.05) is 0 Å². The molecule has 16 heavy (non-hydrogen) atoms. The van der Waals surface area contributed by atoms with Gasteiger partial charge in [-0.1, -0.05) is 13.0 Å². The van der Waals surface area contributed by atoms with Crippen LogP contribution in [0.15, 0.2) is 18.2 Å². The summed E-state index contributed by atoms with van der Waals surface area (Å²) in [5.74, 6) is -2.31. The molecule has 0 aliphatic rings. The Labute approximate surface area is 90.7 Å². The third-order valence-corrected chi connectivity index (χ3v) is 2.22. The minimum Gasteiger partial charge on any atom is -0.481 e. The van der Waals surface area contributed by atoms with Crippen molar-refractivity contribution < 1.29 is 19.2 Å². The lowest BCUT2D eigenvalue weighted by Crippen LogP contribution is -2.04. The summed E-state index contributed by atoms with van der Waals surface area (Å²) < 4.78 is 13.0. The number of nitrogens with zero attached hydrogens (tertiary/aromatic N) is 1. The maximum atomic E-state index is 13.0. The first-order valence-electron chi connectivity index (χ1n) is 4.57. The molecule has 0 saturated heterocycles. The Hall–Kier alpha value is -1.98. The maximum Gasteiger partial charge on any atom is 0.305 e. The van der Waals surface area contributed by atoms with Gasteiger partial charge in [-0.2, -0.15) is 4.39 Å². The lowest BCUT2D eigenvalue weighted by molar-refractivity contribution is -0.387. The van der Waals surface area contributed by atoms with Gasteiger partial charge in [-0.05, 0) is 17.5 Å². The zero-order chi connectivity index (χ0) is 12.3. The predicted octanol–water partition coefficient (Wildman–Crippen LogP) is 2.31. The van der Waals surface area contributed by atoms with Crippen LogP contribution in [0.1, 0.15) is 24.8 Å². The van der Waals surface area contributed by atoms with Gasteiger partial charge in [0.15, 0.2) is 0 Å². The summed E-state index contributed by atoms with van der Waals surface area (Å²) in [5, 5.41) is 19.0. The fraction of sp³-hybridized carbons (Fsp3) is 0.300. The average Bonchev–Trinajstić information content (AvgIpc) is 2.16. The molecule has 5 nitrogen and oxygen atoms in total. The zero-order valence-corrected chi connectivity index (χ0v) is 8.51. The van der Waals surface area contributed by atoms with Crippen molar-refractivity contribution >= 4 is 11.7 Å². The summed E-state index contributed by atoms with van der Waals surface area (Å²) in [5.41, 5.74) is -0.190. The molecule has 6 heteroatoms. The van der Waals surface area contributed by atoms with Crippen molar-refractivity contribution in [1.82, 2.24) is 0 Å². The third-order valence-electron chi connectivity index (χ3n) is 2.22. The number of carboxylic acids is 1. The van der Waals surface area contributed by atoms with Crippen LogP contribution < -0.4 is 0 Å². The molecule has 1 rings (SSSR count). The summed E-state index contributed by atoms with van der Waals surface area (Å²) in [6, 6.07) is 3.41. The van der Waals surface area contributed by atoms with E-state index in [1.165, 1.54) is 6.07 Å². The van der Waals surface area contributed by atoms with Crippen molar-refractivity contribution in [3.05, 3.63) is 39.7 Å². The Kier molecular flexibility index (Phi) is 3.55. The van der Waals surface area contributed by atoms with E-state index >= 15 is 0 Å². The number of halogens is 1. The number of nitro benzene ring substituents is 1. The standard InChI is InChI=1S/C10H10FNO4/c1-6(4-10(13)14)7-2-3-8(11)9(5-7)12(15)16/h2-3,5-6H,4H2,1H3,(H,13,14). The molecule has 0 bridgehead atoms. The molecule has 0 amide bonds. The van der Waals surface area contributed by atoms with Crippen LogP contribution >= 0.6 is 0 Å². The van der Waals surface area contributed by atoms with Crippen LogP contribution in [0.4, 0.5) is 10.1 Å². The first-order valence-corrected chi connectivity index (χ1v) is 4.57. The first kappa shape index (κ1) is 12.1. The van der Waals surface area contributed by atoms with Gasteiger partial charge in [-0.25, -0.2) is 0 Å². The number of nitro groups is 1. The molecule has 0 radical (unpaired) electrons. The van der Waals surface area contributed by atoms with Crippen molar-refractivity contribution in [3.63, 3.8) is 0 Å². The minimum atomic E-state index is -1.00. The number of carbonyl (C=O) groups is 1. The van der Waals surface area contributed by atoms with E-state index < -0.39 is 28.3 Å². The monoisotopic (exact) mass is 227 g/mol. The second-order valence-corrected chi connectivity index (χ2v) is 3.47. The minimum absolute atomic E-state index is 0.150. The Morgan fingerprint density at radius 1 is 1.62 bits per heavy atom. The molecule has 1 aromatic rings. The van der Waals surface area contributed by atoms with Gasteiger partial charge in [0, 0.05) is 6.07 Å². The maximum absolute atomic E-state index is 13.0. The topological polar surface area (TPSA) is 80.4 Å². The van der Waals surface area contributed by atoms with Gasteiger partial charge in [-0.15, -0.1) is 0 Å². The molecule has 0 saturated carbocycles. The van der Waals surface area contributed by atoms with Crippen LogP contribution in [0.25, 0.3) is 0 Å². The molecule has 0 heterocycles. The van der Waals surface area contributed by atoms with Crippen LogP contribution in [0.3, 0.4) is 0 Å². The van der Waals surface area contributed by atoms with Crippen molar-refractivity contribution in [3.8, 4) is 0 Å². The van der Waals surface area contributed by atoms with Crippen LogP contribution in [0.2, 0.25) is 0 Å². The van der Waals surface area contributed by atoms with Crippen molar-refractivity contribution in [2.45, 2.75) is 19.3 Å². The molecule has 0 aliphatic carbocycles. The quantitative estimate of drug-likeness (QED) is 0.632. The van der Waals surface area contributed by atoms with Gasteiger partial charge >= 0.3 is 11.7 Å². The summed E-state index contributed by atoms with van der Waals surface area (Å²) in [6.45, 7) is 1.62. The molecular weight excluding hydrogens is 217 g/mol. The Balaban J connectivity index is 3.02. The number of hydrogen-bond acceptors (Lipinski definition) is 3. The average molecular weight is 227 g/mol. The number of benzene rings is 1. The highest BCUT2D eigenvalue weighted by molar-refractivity contribution is 5.68. The first-order chi connectivity index (χ1) is 7.41. The molecule has 0 spiro atoms. The van der Waals surface area contributed by atoms with Crippen LogP contribution in [0.5, 0.6) is 0 Å². The van der Waals surface area contributed by atoms with Gasteiger partial charge in [0.2, 0.25) is 5.82 Å². The van der Waals surface area contributed by atoms with Crippen LogP contribution in [-0.2, 0) is 4.79 Å². The second kappa shape index (κ2) is 4.69. The third kappa shape index (κ3) is 2.75. The lowest BCUT2D eigenvalue weighted by atomic mass is 9.97. The molecule has 1 unspecified atom stereocenters. The Bertz CT molecular complexity index is 433. The van der Waals surface area contributed by atoms with Gasteiger partial charge in [0.25, 0.3) is 0 Å². The molecule has 0 aromatic heterocycles. The highest BCUT2D eigenvalue weighted by Crippen LogP contribution is 2.25. The van der Waals surface area contributed by atoms with Crippen LogP contribution in [-0.4, -0.2) is 16.0 Å². The highest BCUT2D eigenvalue weighted by atomic mass is 19.1. The molecule has 0 aliphatic heterocycles. The highest BCUT2D eigenvalue weighted by Gasteiger charge is 2.18. The van der Waals surface area contributed by atoms with E-state index in [1.807, 2.05) is 0 Å². The molecular formula is C10H10FNO4. The Morgan fingerprint density at radius 2 is 2.25 bits per heavy atom. The van der Waals surface area contributed by atoms with Gasteiger partial charge in [0.1, 0.15) is 0 Å². The summed E-state index contributed by atoms with van der Waals surface area (Å²) in [4.78, 5) is 20.1. The van der Waals surface area contributed by atoms with E-state index in [0.29, 0.717) is 5.56 Å². The summed E-state index contributed by atoms with van der Waals surface area (Å²) in [7, 11) is 0. The summed E-state index contributed by atoms with van der Waals surface area (Å²) >= 11 is 0. The van der Waals surface area contributed by atoms with E-state index in [2.05, 4.69) is 0 Å². The smallest absolute Gasteiger partial charge is 0.305 e.